The zero-order valence-electron chi connectivity index (χ0n) is 26.8. The lowest BCUT2D eigenvalue weighted by molar-refractivity contribution is -0.206. The Kier molecular flexibility index (Phi) is 15.6. The monoisotopic (exact) mass is 642 g/mol. The number of benzene rings is 3. The maximum atomic E-state index is 13.5. The summed E-state index contributed by atoms with van der Waals surface area (Å²) >= 11 is 0. The Morgan fingerprint density at radius 3 is 1.78 bits per heavy atom. The smallest absolute Gasteiger partial charge is 0.425 e. The van der Waals surface area contributed by atoms with Crippen molar-refractivity contribution in [2.45, 2.75) is 90.3 Å². The number of hydrogen-bond donors (Lipinski definition) is 0. The molecule has 0 fully saturated rings. The van der Waals surface area contributed by atoms with Crippen LogP contribution in [0.15, 0.2) is 72.8 Å². The molecular formula is C37H45F3O6. The van der Waals surface area contributed by atoms with E-state index in [1.54, 1.807) is 12.1 Å². The Morgan fingerprint density at radius 1 is 0.630 bits per heavy atom. The molecule has 9 heteroatoms. The molecule has 0 spiro atoms. The Bertz CT molecular complexity index is 1300. The van der Waals surface area contributed by atoms with Gasteiger partial charge in [0.2, 0.25) is 0 Å². The van der Waals surface area contributed by atoms with Crippen LogP contribution in [-0.2, 0) is 9.47 Å². The summed E-state index contributed by atoms with van der Waals surface area (Å²) < 4.78 is 61.6. The molecule has 250 valence electrons. The number of halogens is 3. The summed E-state index contributed by atoms with van der Waals surface area (Å²) in [5, 5.41) is 0. The number of hydrogen-bond acceptors (Lipinski definition) is 6. The molecule has 6 nitrogen and oxygen atoms in total. The molecule has 46 heavy (non-hydrogen) atoms. The number of carbonyl (C=O) groups excluding carboxylic acids is 2. The number of ether oxygens (including phenoxy) is 4. The van der Waals surface area contributed by atoms with E-state index in [-0.39, 0.29) is 24.2 Å². The van der Waals surface area contributed by atoms with Gasteiger partial charge >= 0.3 is 18.1 Å². The van der Waals surface area contributed by atoms with Gasteiger partial charge in [-0.3, -0.25) is 0 Å². The SMILES string of the molecule is CCCCCCCCOc1ccc(-c2ccc(C(=O)Oc3ccc(C(=O)O[C@H](CCCCCOCC)C(F)(F)F)cc3)cc2)cc1. The summed E-state index contributed by atoms with van der Waals surface area (Å²) in [6.45, 7) is 5.80. The van der Waals surface area contributed by atoms with Crippen LogP contribution in [0.3, 0.4) is 0 Å². The number of carbonyl (C=O) groups is 2. The fourth-order valence-electron chi connectivity index (χ4n) is 4.78. The van der Waals surface area contributed by atoms with Gasteiger partial charge < -0.3 is 18.9 Å². The highest BCUT2D eigenvalue weighted by molar-refractivity contribution is 5.92. The molecule has 3 rings (SSSR count). The first-order chi connectivity index (χ1) is 22.2. The average Bonchev–Trinajstić information content (AvgIpc) is 3.05. The van der Waals surface area contributed by atoms with E-state index in [4.69, 9.17) is 18.9 Å². The lowest BCUT2D eigenvalue weighted by Gasteiger charge is -2.20. The van der Waals surface area contributed by atoms with Crippen molar-refractivity contribution in [3.05, 3.63) is 83.9 Å². The molecular weight excluding hydrogens is 597 g/mol. The molecule has 0 heterocycles. The van der Waals surface area contributed by atoms with Gasteiger partial charge in [-0.25, -0.2) is 9.59 Å². The van der Waals surface area contributed by atoms with E-state index in [9.17, 15) is 22.8 Å². The van der Waals surface area contributed by atoms with Gasteiger partial charge in [-0.15, -0.1) is 0 Å². The van der Waals surface area contributed by atoms with Gasteiger partial charge in [0.05, 0.1) is 17.7 Å². The van der Waals surface area contributed by atoms with Crippen molar-refractivity contribution < 1.29 is 41.7 Å². The van der Waals surface area contributed by atoms with Crippen LogP contribution in [0, 0.1) is 0 Å². The molecule has 3 aromatic carbocycles. The molecule has 1 atom stereocenters. The van der Waals surface area contributed by atoms with Gasteiger partial charge in [0.25, 0.3) is 0 Å². The molecule has 0 saturated heterocycles. The normalized spacial score (nSPS) is 12.0. The van der Waals surface area contributed by atoms with Crippen LogP contribution in [0.4, 0.5) is 13.2 Å². The van der Waals surface area contributed by atoms with Gasteiger partial charge in [-0.2, -0.15) is 13.2 Å². The highest BCUT2D eigenvalue weighted by atomic mass is 19.4. The van der Waals surface area contributed by atoms with E-state index in [1.165, 1.54) is 56.4 Å². The van der Waals surface area contributed by atoms with Crippen molar-refractivity contribution in [2.24, 2.45) is 0 Å². The van der Waals surface area contributed by atoms with E-state index in [0.29, 0.717) is 38.2 Å². The highest BCUT2D eigenvalue weighted by Crippen LogP contribution is 2.29. The second-order valence-electron chi connectivity index (χ2n) is 11.1. The third-order valence-corrected chi connectivity index (χ3v) is 7.45. The van der Waals surface area contributed by atoms with Gasteiger partial charge in [0.15, 0.2) is 6.10 Å². The Morgan fingerprint density at radius 2 is 1.15 bits per heavy atom. The number of alkyl halides is 3. The molecule has 0 amide bonds. The topological polar surface area (TPSA) is 71.1 Å². The van der Waals surface area contributed by atoms with Crippen molar-refractivity contribution in [3.8, 4) is 22.6 Å². The minimum absolute atomic E-state index is 0.0754. The van der Waals surface area contributed by atoms with Crippen LogP contribution in [0.1, 0.15) is 98.8 Å². The zero-order valence-corrected chi connectivity index (χ0v) is 26.8. The van der Waals surface area contributed by atoms with Crippen LogP contribution in [0.25, 0.3) is 11.1 Å². The molecule has 0 aliphatic heterocycles. The standard InChI is InChI=1S/C37H45F3O6/c1-3-5-6-7-8-12-27-44-32-22-18-29(19-23-32)28-14-16-30(17-15-28)35(41)45-33-24-20-31(21-25-33)36(42)46-34(37(38,39)40)13-10-9-11-26-43-4-2/h14-25,34H,3-13,26-27H2,1-2H3/t34-/m1/s1. The van der Waals surface area contributed by atoms with E-state index >= 15 is 0 Å². The first-order valence-electron chi connectivity index (χ1n) is 16.2. The predicted octanol–water partition coefficient (Wildman–Crippen LogP) is 10.00. The van der Waals surface area contributed by atoms with E-state index in [2.05, 4.69) is 6.92 Å². The van der Waals surface area contributed by atoms with Gasteiger partial charge in [-0.1, -0.05) is 69.7 Å². The van der Waals surface area contributed by atoms with Crippen molar-refractivity contribution in [1.29, 1.82) is 0 Å². The highest BCUT2D eigenvalue weighted by Gasteiger charge is 2.42. The van der Waals surface area contributed by atoms with Crippen molar-refractivity contribution in [1.82, 2.24) is 0 Å². The molecule has 3 aromatic rings. The Labute approximate surface area is 270 Å². The Balaban J connectivity index is 1.47. The van der Waals surface area contributed by atoms with Crippen LogP contribution in [0.5, 0.6) is 11.5 Å². The summed E-state index contributed by atoms with van der Waals surface area (Å²) in [4.78, 5) is 25.1. The quantitative estimate of drug-likeness (QED) is 0.0694. The second kappa shape index (κ2) is 19.6. The maximum absolute atomic E-state index is 13.5. The number of unbranched alkanes of at least 4 members (excludes halogenated alkanes) is 7. The molecule has 0 unspecified atom stereocenters. The minimum Gasteiger partial charge on any atom is -0.494 e. The third-order valence-electron chi connectivity index (χ3n) is 7.45. The minimum atomic E-state index is -4.68. The molecule has 0 bridgehead atoms. The van der Waals surface area contributed by atoms with Crippen LogP contribution in [-0.4, -0.2) is 44.0 Å². The summed E-state index contributed by atoms with van der Waals surface area (Å²) in [5.74, 6) is -0.741. The van der Waals surface area contributed by atoms with Crippen molar-refractivity contribution in [2.75, 3.05) is 19.8 Å². The fraction of sp³-hybridized carbons (Fsp3) is 0.459. The van der Waals surface area contributed by atoms with E-state index < -0.39 is 24.2 Å². The summed E-state index contributed by atoms with van der Waals surface area (Å²) in [7, 11) is 0. The molecule has 0 aliphatic carbocycles. The van der Waals surface area contributed by atoms with Crippen LogP contribution < -0.4 is 9.47 Å². The van der Waals surface area contributed by atoms with Crippen molar-refractivity contribution >= 4 is 11.9 Å². The van der Waals surface area contributed by atoms with E-state index in [1.807, 2.05) is 43.3 Å². The van der Waals surface area contributed by atoms with Gasteiger partial charge in [-0.05, 0) is 92.3 Å². The zero-order chi connectivity index (χ0) is 33.2. The number of esters is 2. The first-order valence-corrected chi connectivity index (χ1v) is 16.2. The Hall–Kier alpha value is -3.85. The predicted molar refractivity (Wildman–Crippen MR) is 172 cm³/mol. The molecule has 0 radical (unpaired) electrons. The van der Waals surface area contributed by atoms with Crippen molar-refractivity contribution in [3.63, 3.8) is 0 Å². The van der Waals surface area contributed by atoms with Crippen LogP contribution in [0.2, 0.25) is 0 Å². The maximum Gasteiger partial charge on any atom is 0.425 e. The average molecular weight is 643 g/mol. The third kappa shape index (κ3) is 12.9. The molecule has 0 N–H and O–H groups in total. The largest absolute Gasteiger partial charge is 0.494 e. The lowest BCUT2D eigenvalue weighted by atomic mass is 10.0. The molecule has 0 saturated carbocycles. The van der Waals surface area contributed by atoms with Crippen LogP contribution >= 0.6 is 0 Å². The van der Waals surface area contributed by atoms with Gasteiger partial charge in [0, 0.05) is 13.2 Å². The second-order valence-corrected chi connectivity index (χ2v) is 11.1. The van der Waals surface area contributed by atoms with E-state index in [0.717, 1.165) is 23.3 Å². The first kappa shape index (κ1) is 36.6. The number of rotatable bonds is 20. The molecule has 0 aliphatic rings. The molecule has 0 aromatic heterocycles. The summed E-state index contributed by atoms with van der Waals surface area (Å²) in [6.07, 6.45) is 1.49. The summed E-state index contributed by atoms with van der Waals surface area (Å²) in [6, 6.07) is 20.0. The van der Waals surface area contributed by atoms with Gasteiger partial charge in [0.1, 0.15) is 11.5 Å². The fourth-order valence-corrected chi connectivity index (χ4v) is 4.78. The lowest BCUT2D eigenvalue weighted by Crippen LogP contribution is -2.33. The summed E-state index contributed by atoms with van der Waals surface area (Å²) in [5.41, 5.74) is 2.14.